The summed E-state index contributed by atoms with van der Waals surface area (Å²) in [5, 5.41) is 16.0. The maximum Gasteiger partial charge on any atom is 0.226 e. The molecule has 7 heteroatoms. The molecule has 170 valence electrons. The van der Waals surface area contributed by atoms with Crippen LogP contribution < -0.4 is 15.5 Å². The molecule has 1 fully saturated rings. The summed E-state index contributed by atoms with van der Waals surface area (Å²) in [4.78, 5) is 18.7. The number of rotatable bonds is 10. The molecule has 1 aromatic carbocycles. The number of hydrogen-bond donors (Lipinski definition) is 3. The quantitative estimate of drug-likeness (QED) is 0.244. The Balaban J connectivity index is 0.00000450. The summed E-state index contributed by atoms with van der Waals surface area (Å²) in [6.45, 7) is 9.71. The van der Waals surface area contributed by atoms with Crippen molar-refractivity contribution in [3.63, 3.8) is 0 Å². The molecule has 1 unspecified atom stereocenters. The van der Waals surface area contributed by atoms with Crippen molar-refractivity contribution in [2.45, 2.75) is 59.4 Å². The average Bonchev–Trinajstić information content (AvgIpc) is 2.70. The highest BCUT2D eigenvalue weighted by atomic mass is 127. The summed E-state index contributed by atoms with van der Waals surface area (Å²) in [5.41, 5.74) is 2.09. The van der Waals surface area contributed by atoms with Crippen molar-refractivity contribution in [1.29, 1.82) is 0 Å². The molecule has 0 aromatic heterocycles. The minimum Gasteiger partial charge on any atom is -0.396 e. The standard InChI is InChI=1S/C23H38N4O2.HI/c1-4-24-23(26-17-20(12-14-28)15-18(2)3)25-16-19-8-10-21(11-9-19)27-13-6-5-7-22(27)29;/h8-11,18,20,28H,4-7,12-17H2,1-3H3,(H2,24,25,26);1H. The Hall–Kier alpha value is -1.35. The number of aliphatic hydroxyl groups is 1. The molecule has 0 bridgehead atoms. The second-order valence-corrected chi connectivity index (χ2v) is 8.25. The van der Waals surface area contributed by atoms with Crippen LogP contribution in [-0.4, -0.2) is 43.2 Å². The molecule has 0 radical (unpaired) electrons. The third kappa shape index (κ3) is 9.20. The van der Waals surface area contributed by atoms with Gasteiger partial charge in [0.05, 0.1) is 6.54 Å². The Morgan fingerprint density at radius 3 is 2.53 bits per heavy atom. The minimum absolute atomic E-state index is 0. The van der Waals surface area contributed by atoms with Gasteiger partial charge >= 0.3 is 0 Å². The number of guanidine groups is 1. The van der Waals surface area contributed by atoms with Crippen molar-refractivity contribution < 1.29 is 9.90 Å². The Kier molecular flexibility index (Phi) is 13.0. The summed E-state index contributed by atoms with van der Waals surface area (Å²) in [7, 11) is 0. The molecular formula is C23H39IN4O2. The van der Waals surface area contributed by atoms with E-state index in [2.05, 4.69) is 43.5 Å². The second kappa shape index (κ2) is 14.6. The van der Waals surface area contributed by atoms with Gasteiger partial charge in [0.1, 0.15) is 0 Å². The van der Waals surface area contributed by atoms with Crippen LogP contribution in [0.5, 0.6) is 0 Å². The number of benzene rings is 1. The van der Waals surface area contributed by atoms with Crippen LogP contribution in [0.1, 0.15) is 58.4 Å². The van der Waals surface area contributed by atoms with E-state index in [0.29, 0.717) is 24.8 Å². The molecule has 3 N–H and O–H groups in total. The number of aliphatic imine (C=N–C) groups is 1. The first-order valence-electron chi connectivity index (χ1n) is 11.1. The fourth-order valence-corrected chi connectivity index (χ4v) is 3.77. The van der Waals surface area contributed by atoms with E-state index in [1.165, 1.54) is 0 Å². The monoisotopic (exact) mass is 530 g/mol. The lowest BCUT2D eigenvalue weighted by molar-refractivity contribution is -0.119. The lowest BCUT2D eigenvalue weighted by Crippen LogP contribution is -2.40. The van der Waals surface area contributed by atoms with E-state index in [1.807, 2.05) is 17.0 Å². The second-order valence-electron chi connectivity index (χ2n) is 8.25. The molecule has 1 aromatic rings. The molecular weight excluding hydrogens is 491 g/mol. The number of halogens is 1. The fraction of sp³-hybridized carbons (Fsp3) is 0.652. The van der Waals surface area contributed by atoms with Gasteiger partial charge in [-0.3, -0.25) is 4.79 Å². The smallest absolute Gasteiger partial charge is 0.226 e. The molecule has 1 amide bonds. The SMILES string of the molecule is CCNC(=NCc1ccc(N2CCCCC2=O)cc1)NCC(CCO)CC(C)C.I. The summed E-state index contributed by atoms with van der Waals surface area (Å²) < 4.78 is 0. The highest BCUT2D eigenvalue weighted by molar-refractivity contribution is 14.0. The van der Waals surface area contributed by atoms with Gasteiger partial charge in [-0.05, 0) is 62.1 Å². The minimum atomic E-state index is 0. The van der Waals surface area contributed by atoms with E-state index in [1.54, 1.807) is 0 Å². The van der Waals surface area contributed by atoms with Gasteiger partial charge in [-0.1, -0.05) is 26.0 Å². The number of piperidine rings is 1. The Morgan fingerprint density at radius 1 is 1.20 bits per heavy atom. The molecule has 30 heavy (non-hydrogen) atoms. The molecule has 1 saturated heterocycles. The van der Waals surface area contributed by atoms with Crippen LogP contribution in [-0.2, 0) is 11.3 Å². The number of anilines is 1. The molecule has 2 rings (SSSR count). The van der Waals surface area contributed by atoms with Gasteiger partial charge in [-0.25, -0.2) is 4.99 Å². The lowest BCUT2D eigenvalue weighted by atomic mass is 9.94. The molecule has 0 aliphatic carbocycles. The highest BCUT2D eigenvalue weighted by Gasteiger charge is 2.19. The molecule has 0 saturated carbocycles. The number of nitrogens with zero attached hydrogens (tertiary/aromatic N) is 2. The zero-order valence-corrected chi connectivity index (χ0v) is 21.0. The van der Waals surface area contributed by atoms with Crippen LogP contribution in [0.4, 0.5) is 5.69 Å². The molecule has 6 nitrogen and oxygen atoms in total. The summed E-state index contributed by atoms with van der Waals surface area (Å²) >= 11 is 0. The van der Waals surface area contributed by atoms with Crippen molar-refractivity contribution in [2.24, 2.45) is 16.8 Å². The molecule has 1 aliphatic heterocycles. The largest absolute Gasteiger partial charge is 0.396 e. The van der Waals surface area contributed by atoms with Gasteiger partial charge in [0, 0.05) is 38.3 Å². The van der Waals surface area contributed by atoms with Crippen molar-refractivity contribution >= 4 is 41.5 Å². The van der Waals surface area contributed by atoms with E-state index in [-0.39, 0.29) is 36.5 Å². The van der Waals surface area contributed by atoms with Crippen molar-refractivity contribution in [3.05, 3.63) is 29.8 Å². The summed E-state index contributed by atoms with van der Waals surface area (Å²) in [5.74, 6) is 2.07. The van der Waals surface area contributed by atoms with E-state index in [0.717, 1.165) is 62.5 Å². The topological polar surface area (TPSA) is 77.0 Å². The van der Waals surface area contributed by atoms with E-state index in [9.17, 15) is 9.90 Å². The third-order valence-electron chi connectivity index (χ3n) is 5.24. The van der Waals surface area contributed by atoms with Crippen molar-refractivity contribution in [1.82, 2.24) is 10.6 Å². The molecule has 1 atom stereocenters. The number of amides is 1. The van der Waals surface area contributed by atoms with Gasteiger partial charge in [0.2, 0.25) is 5.91 Å². The van der Waals surface area contributed by atoms with Crippen LogP contribution in [0, 0.1) is 11.8 Å². The maximum absolute atomic E-state index is 12.1. The highest BCUT2D eigenvalue weighted by Crippen LogP contribution is 2.21. The van der Waals surface area contributed by atoms with Crippen molar-refractivity contribution in [3.8, 4) is 0 Å². The number of aliphatic hydroxyl groups excluding tert-OH is 1. The third-order valence-corrected chi connectivity index (χ3v) is 5.24. The average molecular weight is 530 g/mol. The van der Waals surface area contributed by atoms with Gasteiger partial charge in [0.25, 0.3) is 0 Å². The summed E-state index contributed by atoms with van der Waals surface area (Å²) in [6, 6.07) is 8.15. The summed E-state index contributed by atoms with van der Waals surface area (Å²) in [6.07, 6.45) is 4.62. The predicted octanol–water partition coefficient (Wildman–Crippen LogP) is 3.92. The Morgan fingerprint density at radius 2 is 1.93 bits per heavy atom. The van der Waals surface area contributed by atoms with E-state index in [4.69, 9.17) is 4.99 Å². The number of carbonyl (C=O) groups is 1. The number of nitrogens with one attached hydrogen (secondary N) is 2. The van der Waals surface area contributed by atoms with E-state index >= 15 is 0 Å². The van der Waals surface area contributed by atoms with Crippen LogP contribution in [0.2, 0.25) is 0 Å². The molecule has 1 aliphatic rings. The predicted molar refractivity (Wildman–Crippen MR) is 136 cm³/mol. The molecule has 1 heterocycles. The Labute approximate surface area is 198 Å². The van der Waals surface area contributed by atoms with Crippen LogP contribution in [0.15, 0.2) is 29.3 Å². The lowest BCUT2D eigenvalue weighted by Gasteiger charge is -2.26. The molecule has 0 spiro atoms. The van der Waals surface area contributed by atoms with Gasteiger partial charge in [-0.15, -0.1) is 24.0 Å². The van der Waals surface area contributed by atoms with Crippen LogP contribution in [0.3, 0.4) is 0 Å². The van der Waals surface area contributed by atoms with Gasteiger partial charge < -0.3 is 20.6 Å². The Bertz CT molecular complexity index is 649. The first kappa shape index (κ1) is 26.7. The number of carbonyl (C=O) groups excluding carboxylic acids is 1. The maximum atomic E-state index is 12.1. The van der Waals surface area contributed by atoms with Gasteiger partial charge in [-0.2, -0.15) is 0 Å². The van der Waals surface area contributed by atoms with Crippen LogP contribution in [0.25, 0.3) is 0 Å². The zero-order chi connectivity index (χ0) is 21.1. The first-order valence-corrected chi connectivity index (χ1v) is 11.1. The van der Waals surface area contributed by atoms with Crippen molar-refractivity contribution in [2.75, 3.05) is 31.1 Å². The normalized spacial score (nSPS) is 15.7. The fourth-order valence-electron chi connectivity index (χ4n) is 3.77. The van der Waals surface area contributed by atoms with Gasteiger partial charge in [0.15, 0.2) is 5.96 Å². The number of hydrogen-bond acceptors (Lipinski definition) is 3. The first-order chi connectivity index (χ1) is 14.0. The zero-order valence-electron chi connectivity index (χ0n) is 18.7. The van der Waals surface area contributed by atoms with Crippen LogP contribution >= 0.6 is 24.0 Å². The van der Waals surface area contributed by atoms with E-state index < -0.39 is 0 Å².